The van der Waals surface area contributed by atoms with E-state index >= 15 is 0 Å². The molecule has 0 aromatic carbocycles. The molecule has 0 atom stereocenters. The van der Waals surface area contributed by atoms with Crippen LogP contribution in [0.3, 0.4) is 0 Å². The largest absolute Gasteiger partial charge is 0.359 e. The van der Waals surface area contributed by atoms with Crippen LogP contribution in [0.4, 0.5) is 0 Å². The van der Waals surface area contributed by atoms with Gasteiger partial charge in [-0.3, -0.25) is 10.2 Å². The van der Waals surface area contributed by atoms with E-state index in [1.165, 1.54) is 36.0 Å². The van der Waals surface area contributed by atoms with Crippen molar-refractivity contribution in [2.45, 2.75) is 38.1 Å². The number of thioether (sulfide) groups is 1. The smallest absolute Gasteiger partial charge is 0.257 e. The zero-order valence-corrected chi connectivity index (χ0v) is 11.8. The van der Waals surface area contributed by atoms with Gasteiger partial charge >= 0.3 is 0 Å². The number of nitrogens with zero attached hydrogens (tertiary/aromatic N) is 1. The van der Waals surface area contributed by atoms with Crippen LogP contribution < -0.4 is 10.7 Å². The summed E-state index contributed by atoms with van der Waals surface area (Å²) in [5, 5.41) is 5.10. The van der Waals surface area contributed by atoms with E-state index in [1.807, 2.05) is 0 Å². The molecule has 0 radical (unpaired) electrons. The molecule has 0 bridgehead atoms. The molecule has 2 aliphatic rings. The minimum Gasteiger partial charge on any atom is -0.359 e. The highest BCUT2D eigenvalue weighted by Gasteiger charge is 2.27. The van der Waals surface area contributed by atoms with Gasteiger partial charge < -0.3 is 5.32 Å². The van der Waals surface area contributed by atoms with E-state index in [0.29, 0.717) is 21.2 Å². The first-order chi connectivity index (χ1) is 8.16. The molecule has 0 unspecified atom stereocenters. The first-order valence-electron chi connectivity index (χ1n) is 5.73. The normalized spacial score (nSPS) is 21.8. The lowest BCUT2D eigenvalue weighted by molar-refractivity contribution is -0.125. The van der Waals surface area contributed by atoms with Gasteiger partial charge in [-0.1, -0.05) is 43.2 Å². The molecular weight excluding hydrogens is 274 g/mol. The second-order valence-corrected chi connectivity index (χ2v) is 6.22. The van der Waals surface area contributed by atoms with Crippen molar-refractivity contribution in [1.82, 2.24) is 15.8 Å². The van der Waals surface area contributed by atoms with Crippen LogP contribution in [0.15, 0.2) is 0 Å². The molecular formula is C10H15N3OS3. The fraction of sp³-hybridized carbons (Fsp3) is 0.700. The molecule has 4 nitrogen and oxygen atoms in total. The number of nitrogens with one attached hydrogen (secondary N) is 2. The highest BCUT2D eigenvalue weighted by Crippen LogP contribution is 2.18. The Labute approximate surface area is 116 Å². The second kappa shape index (κ2) is 5.97. The van der Waals surface area contributed by atoms with Crippen molar-refractivity contribution in [1.29, 1.82) is 0 Å². The van der Waals surface area contributed by atoms with Crippen LogP contribution in [-0.2, 0) is 4.79 Å². The second-order valence-electron chi connectivity index (χ2n) is 4.20. The third-order valence-electron chi connectivity index (χ3n) is 2.90. The standard InChI is InChI=1S/C10H15N3OS3/c14-8-6-17-10(16)13(8)12-9(15)11-7-4-2-1-3-5-7/h7H,1-6H2,(H2,11,12,15). The van der Waals surface area contributed by atoms with Crippen molar-refractivity contribution in [2.75, 3.05) is 5.75 Å². The van der Waals surface area contributed by atoms with Crippen molar-refractivity contribution in [3.8, 4) is 0 Å². The Kier molecular flexibility index (Phi) is 4.58. The van der Waals surface area contributed by atoms with Gasteiger partial charge in [0.1, 0.15) is 0 Å². The van der Waals surface area contributed by atoms with E-state index in [0.717, 1.165) is 12.8 Å². The molecule has 0 aromatic heterocycles. The van der Waals surface area contributed by atoms with Crippen LogP contribution in [-0.4, -0.2) is 32.1 Å². The fourth-order valence-corrected chi connectivity index (χ4v) is 3.26. The molecule has 1 amide bonds. The van der Waals surface area contributed by atoms with Crippen LogP contribution >= 0.6 is 36.2 Å². The molecule has 1 aliphatic carbocycles. The first-order valence-corrected chi connectivity index (χ1v) is 7.54. The number of carbonyl (C=O) groups excluding carboxylic acids is 1. The van der Waals surface area contributed by atoms with Crippen molar-refractivity contribution in [3.63, 3.8) is 0 Å². The summed E-state index contributed by atoms with van der Waals surface area (Å²) in [6.07, 6.45) is 6.10. The van der Waals surface area contributed by atoms with Crippen LogP contribution in [0, 0.1) is 0 Å². The molecule has 2 N–H and O–H groups in total. The van der Waals surface area contributed by atoms with Gasteiger partial charge in [-0.25, -0.2) is 5.01 Å². The molecule has 1 saturated heterocycles. The van der Waals surface area contributed by atoms with Crippen molar-refractivity contribution in [2.24, 2.45) is 0 Å². The summed E-state index contributed by atoms with van der Waals surface area (Å²) < 4.78 is 0.544. The number of carbonyl (C=O) groups is 1. The molecule has 1 saturated carbocycles. The number of hydrogen-bond acceptors (Lipinski definition) is 4. The third-order valence-corrected chi connectivity index (χ3v) is 4.47. The highest BCUT2D eigenvalue weighted by atomic mass is 32.2. The van der Waals surface area contributed by atoms with E-state index in [1.54, 1.807) is 0 Å². The van der Waals surface area contributed by atoms with Gasteiger partial charge in [-0.2, -0.15) is 0 Å². The summed E-state index contributed by atoms with van der Waals surface area (Å²) in [6.45, 7) is 0. The molecule has 17 heavy (non-hydrogen) atoms. The maximum atomic E-state index is 11.5. The molecule has 0 aromatic rings. The molecule has 2 fully saturated rings. The molecule has 1 aliphatic heterocycles. The molecule has 7 heteroatoms. The molecule has 1 heterocycles. The summed E-state index contributed by atoms with van der Waals surface area (Å²) in [5.41, 5.74) is 2.87. The van der Waals surface area contributed by atoms with E-state index in [4.69, 9.17) is 24.4 Å². The summed E-state index contributed by atoms with van der Waals surface area (Å²) in [6, 6.07) is 0.433. The fourth-order valence-electron chi connectivity index (χ4n) is 2.03. The SMILES string of the molecule is O=C1CSC(=S)N1NC(=S)NC1CCCCC1. The zero-order valence-electron chi connectivity index (χ0n) is 9.40. The van der Waals surface area contributed by atoms with Gasteiger partial charge in [-0.15, -0.1) is 0 Å². The maximum absolute atomic E-state index is 11.5. The Morgan fingerprint density at radius 1 is 1.35 bits per heavy atom. The highest BCUT2D eigenvalue weighted by molar-refractivity contribution is 8.23. The Balaban J connectivity index is 1.80. The monoisotopic (exact) mass is 289 g/mol. The van der Waals surface area contributed by atoms with E-state index < -0.39 is 0 Å². The lowest BCUT2D eigenvalue weighted by atomic mass is 9.96. The molecule has 2 rings (SSSR count). The average molecular weight is 289 g/mol. The predicted octanol–water partition coefficient (Wildman–Crippen LogP) is 1.56. The number of hydrazine groups is 1. The predicted molar refractivity (Wildman–Crippen MR) is 77.6 cm³/mol. The van der Waals surface area contributed by atoms with E-state index in [-0.39, 0.29) is 5.91 Å². The van der Waals surface area contributed by atoms with Crippen LogP contribution in [0.5, 0.6) is 0 Å². The maximum Gasteiger partial charge on any atom is 0.257 e. The summed E-state index contributed by atoms with van der Waals surface area (Å²) in [4.78, 5) is 11.5. The Hall–Kier alpha value is -0.400. The van der Waals surface area contributed by atoms with Crippen molar-refractivity contribution < 1.29 is 4.79 Å². The van der Waals surface area contributed by atoms with Crippen LogP contribution in [0.25, 0.3) is 0 Å². The van der Waals surface area contributed by atoms with Gasteiger partial charge in [0.15, 0.2) is 9.43 Å². The number of thiocarbonyl (C=S) groups is 2. The first kappa shape index (κ1) is 13.0. The summed E-state index contributed by atoms with van der Waals surface area (Å²) in [7, 11) is 0. The van der Waals surface area contributed by atoms with Gasteiger partial charge in [0.25, 0.3) is 5.91 Å². The number of amides is 1. The van der Waals surface area contributed by atoms with Crippen LogP contribution in [0.2, 0.25) is 0 Å². The topological polar surface area (TPSA) is 44.4 Å². The third kappa shape index (κ3) is 3.53. The molecule has 0 spiro atoms. The minimum absolute atomic E-state index is 0.0344. The minimum atomic E-state index is -0.0344. The van der Waals surface area contributed by atoms with Gasteiger partial charge in [-0.05, 0) is 25.1 Å². The summed E-state index contributed by atoms with van der Waals surface area (Å²) in [5.74, 6) is 0.366. The van der Waals surface area contributed by atoms with Crippen LogP contribution in [0.1, 0.15) is 32.1 Å². The summed E-state index contributed by atoms with van der Waals surface area (Å²) >= 11 is 11.6. The Morgan fingerprint density at radius 3 is 2.65 bits per heavy atom. The quantitative estimate of drug-likeness (QED) is 0.752. The lowest BCUT2D eigenvalue weighted by Gasteiger charge is -2.26. The Bertz CT molecular complexity index is 326. The zero-order chi connectivity index (χ0) is 12.3. The van der Waals surface area contributed by atoms with Crippen molar-refractivity contribution in [3.05, 3.63) is 0 Å². The lowest BCUT2D eigenvalue weighted by Crippen LogP contribution is -2.51. The van der Waals surface area contributed by atoms with Gasteiger partial charge in [0, 0.05) is 6.04 Å². The van der Waals surface area contributed by atoms with Gasteiger partial charge in [0.05, 0.1) is 5.75 Å². The molecule has 94 valence electrons. The van der Waals surface area contributed by atoms with E-state index in [9.17, 15) is 4.79 Å². The van der Waals surface area contributed by atoms with E-state index in [2.05, 4.69) is 10.7 Å². The average Bonchev–Trinajstić information content (AvgIpc) is 2.62. The Morgan fingerprint density at radius 2 is 2.06 bits per heavy atom. The number of hydrogen-bond donors (Lipinski definition) is 2. The van der Waals surface area contributed by atoms with Gasteiger partial charge in [0.2, 0.25) is 0 Å². The number of rotatable bonds is 2. The van der Waals surface area contributed by atoms with Crippen molar-refractivity contribution >= 4 is 51.5 Å².